The van der Waals surface area contributed by atoms with Gasteiger partial charge in [-0.15, -0.1) is 11.6 Å². The van der Waals surface area contributed by atoms with Gasteiger partial charge in [-0.1, -0.05) is 48.5 Å². The normalized spacial score (nSPS) is 26.9. The molecular formula is C21H37ClN2O2Si. The van der Waals surface area contributed by atoms with E-state index in [1.54, 1.807) is 12.4 Å². The Morgan fingerprint density at radius 1 is 1.22 bits per heavy atom. The summed E-state index contributed by atoms with van der Waals surface area (Å²) in [5, 5.41) is 0. The number of hydrogen-bond acceptors (Lipinski definition) is 4. The van der Waals surface area contributed by atoms with Crippen LogP contribution >= 0.6 is 11.6 Å². The first kappa shape index (κ1) is 22.7. The second-order valence-electron chi connectivity index (χ2n) is 8.94. The van der Waals surface area contributed by atoms with Crippen LogP contribution in [0.5, 0.6) is 0 Å². The van der Waals surface area contributed by atoms with Crippen molar-refractivity contribution in [3.8, 4) is 0 Å². The molecule has 1 aromatic rings. The first-order chi connectivity index (χ1) is 12.6. The van der Waals surface area contributed by atoms with Crippen LogP contribution in [0.15, 0.2) is 18.5 Å². The van der Waals surface area contributed by atoms with Gasteiger partial charge in [0.25, 0.3) is 0 Å². The van der Waals surface area contributed by atoms with Crippen molar-refractivity contribution >= 4 is 25.6 Å². The number of aromatic nitrogens is 1. The summed E-state index contributed by atoms with van der Waals surface area (Å²) in [4.78, 5) is 4.09. The van der Waals surface area contributed by atoms with E-state index >= 15 is 0 Å². The summed E-state index contributed by atoms with van der Waals surface area (Å²) in [6.45, 7) is 16.2. The number of rotatable bonds is 7. The Hall–Kier alpha value is -0.623. The van der Waals surface area contributed by atoms with Crippen LogP contribution < -0.4 is 5.73 Å². The third kappa shape index (κ3) is 4.52. The molecule has 1 aromatic heterocycles. The quantitative estimate of drug-likeness (QED) is 0.445. The maximum atomic E-state index is 7.08. The summed E-state index contributed by atoms with van der Waals surface area (Å²) < 4.78 is 13.5. The highest BCUT2D eigenvalue weighted by Crippen LogP contribution is 2.47. The predicted octanol–water partition coefficient (Wildman–Crippen LogP) is 5.93. The number of ether oxygens (including phenoxy) is 1. The smallest absolute Gasteiger partial charge is 0.200 e. The summed E-state index contributed by atoms with van der Waals surface area (Å²) in [6.07, 6.45) is 4.18. The van der Waals surface area contributed by atoms with E-state index < -0.39 is 8.32 Å². The molecular weight excluding hydrogens is 376 g/mol. The Balaban J connectivity index is 2.29. The van der Waals surface area contributed by atoms with Crippen molar-refractivity contribution in [3.05, 3.63) is 24.0 Å². The predicted molar refractivity (Wildman–Crippen MR) is 117 cm³/mol. The summed E-state index contributed by atoms with van der Waals surface area (Å²) in [5.41, 5.74) is 9.43. The van der Waals surface area contributed by atoms with Gasteiger partial charge in [-0.05, 0) is 35.0 Å². The largest absolute Gasteiger partial charge is 0.410 e. The van der Waals surface area contributed by atoms with Crippen LogP contribution in [0.25, 0.3) is 0 Å². The zero-order valence-electron chi connectivity index (χ0n) is 17.9. The molecule has 27 heavy (non-hydrogen) atoms. The molecule has 6 heteroatoms. The van der Waals surface area contributed by atoms with Gasteiger partial charge in [-0.3, -0.25) is 4.98 Å². The number of hydrogen-bond donors (Lipinski definition) is 1. The minimum Gasteiger partial charge on any atom is -0.410 e. The average Bonchev–Trinajstić information content (AvgIpc) is 2.59. The second kappa shape index (κ2) is 9.25. The van der Waals surface area contributed by atoms with Crippen molar-refractivity contribution < 1.29 is 9.16 Å². The van der Waals surface area contributed by atoms with Gasteiger partial charge in [0.2, 0.25) is 8.32 Å². The molecule has 4 nitrogen and oxygen atoms in total. The SMILES string of the molecule is CC(C)[Si](O[C@H]1[C@H](C)C[C@H](c2ccncc2N)O[C@@H]1CCl)(C(C)C)C(C)C. The number of pyridine rings is 1. The van der Waals surface area contributed by atoms with Gasteiger partial charge in [-0.2, -0.15) is 0 Å². The molecule has 0 saturated carbocycles. The molecule has 154 valence electrons. The molecule has 1 aliphatic heterocycles. The Kier molecular flexibility index (Phi) is 7.76. The first-order valence-corrected chi connectivity index (χ1v) is 12.9. The minimum atomic E-state index is -2.00. The van der Waals surface area contributed by atoms with Gasteiger partial charge in [-0.25, -0.2) is 0 Å². The minimum absolute atomic E-state index is 0.0284. The molecule has 0 spiro atoms. The fourth-order valence-corrected chi connectivity index (χ4v) is 11.0. The third-order valence-electron chi connectivity index (χ3n) is 6.29. The maximum absolute atomic E-state index is 7.08. The van der Waals surface area contributed by atoms with Gasteiger partial charge >= 0.3 is 0 Å². The van der Waals surface area contributed by atoms with Gasteiger partial charge in [0.05, 0.1) is 36.1 Å². The van der Waals surface area contributed by atoms with Gasteiger partial charge in [0.15, 0.2) is 0 Å². The molecule has 0 aromatic carbocycles. The number of alkyl halides is 1. The van der Waals surface area contributed by atoms with Crippen molar-refractivity contribution in [2.24, 2.45) is 5.92 Å². The summed E-state index contributed by atoms with van der Waals surface area (Å²) in [7, 11) is -2.00. The Labute approximate surface area is 171 Å². The Morgan fingerprint density at radius 3 is 2.30 bits per heavy atom. The van der Waals surface area contributed by atoms with Crippen molar-refractivity contribution in [1.82, 2.24) is 4.98 Å². The van der Waals surface area contributed by atoms with E-state index in [1.807, 2.05) is 6.07 Å². The molecule has 0 amide bonds. The number of nitrogens with zero attached hydrogens (tertiary/aromatic N) is 1. The Morgan fingerprint density at radius 2 is 1.81 bits per heavy atom. The van der Waals surface area contributed by atoms with Crippen LogP contribution in [0.3, 0.4) is 0 Å². The maximum Gasteiger partial charge on any atom is 0.200 e. The molecule has 0 bridgehead atoms. The van der Waals surface area contributed by atoms with Gasteiger partial charge in [0, 0.05) is 11.8 Å². The standard InChI is InChI=1S/C21H37ClN2O2Si/c1-13(2)27(14(3)4,15(5)6)26-21-16(7)10-19(25-20(21)11-22)17-8-9-24-12-18(17)23/h8-9,12-16,19-21H,10-11,23H2,1-7H3/t16-,19-,20-,21+/m1/s1. The fourth-order valence-electron chi connectivity index (χ4n) is 5.05. The van der Waals surface area contributed by atoms with Crippen molar-refractivity contribution in [2.75, 3.05) is 11.6 Å². The molecule has 4 atom stereocenters. The molecule has 1 aliphatic rings. The van der Waals surface area contributed by atoms with Crippen LogP contribution in [0.2, 0.25) is 16.6 Å². The van der Waals surface area contributed by atoms with Crippen LogP contribution in [0.1, 0.15) is 66.6 Å². The highest BCUT2D eigenvalue weighted by Gasteiger charge is 2.50. The molecule has 2 N–H and O–H groups in total. The molecule has 2 rings (SSSR count). The summed E-state index contributed by atoms with van der Waals surface area (Å²) in [6, 6.07) is 1.95. The molecule has 0 unspecified atom stereocenters. The fraction of sp³-hybridized carbons (Fsp3) is 0.762. The van der Waals surface area contributed by atoms with E-state index in [9.17, 15) is 0 Å². The molecule has 0 radical (unpaired) electrons. The zero-order chi connectivity index (χ0) is 20.4. The van der Waals surface area contributed by atoms with Crippen molar-refractivity contribution in [3.63, 3.8) is 0 Å². The van der Waals surface area contributed by atoms with E-state index in [4.69, 9.17) is 26.5 Å². The van der Waals surface area contributed by atoms with E-state index in [2.05, 4.69) is 53.5 Å². The topological polar surface area (TPSA) is 57.4 Å². The van der Waals surface area contributed by atoms with Crippen LogP contribution in [-0.4, -0.2) is 31.4 Å². The number of halogens is 1. The lowest BCUT2D eigenvalue weighted by Gasteiger charge is -2.49. The average molecular weight is 413 g/mol. The van der Waals surface area contributed by atoms with Crippen LogP contribution in [-0.2, 0) is 9.16 Å². The van der Waals surface area contributed by atoms with Gasteiger partial charge < -0.3 is 14.9 Å². The van der Waals surface area contributed by atoms with E-state index in [0.29, 0.717) is 34.1 Å². The molecule has 2 heterocycles. The lowest BCUT2D eigenvalue weighted by molar-refractivity contribution is -0.128. The number of anilines is 1. The molecule has 1 fully saturated rings. The van der Waals surface area contributed by atoms with E-state index in [1.165, 1.54) is 0 Å². The van der Waals surface area contributed by atoms with Gasteiger partial charge in [0.1, 0.15) is 0 Å². The van der Waals surface area contributed by atoms with Crippen LogP contribution in [0.4, 0.5) is 5.69 Å². The lowest BCUT2D eigenvalue weighted by Crippen LogP contribution is -2.56. The highest BCUT2D eigenvalue weighted by molar-refractivity contribution is 6.77. The number of nitrogen functional groups attached to an aromatic ring is 1. The zero-order valence-corrected chi connectivity index (χ0v) is 19.7. The Bertz CT molecular complexity index is 590. The summed E-state index contributed by atoms with van der Waals surface area (Å²) in [5.74, 6) is 0.776. The summed E-state index contributed by atoms with van der Waals surface area (Å²) >= 11 is 6.37. The van der Waals surface area contributed by atoms with Crippen molar-refractivity contribution in [2.45, 2.75) is 89.8 Å². The van der Waals surface area contributed by atoms with Crippen LogP contribution in [0, 0.1) is 5.92 Å². The highest BCUT2D eigenvalue weighted by atomic mass is 35.5. The molecule has 1 saturated heterocycles. The first-order valence-electron chi connectivity index (χ1n) is 10.2. The van der Waals surface area contributed by atoms with Crippen molar-refractivity contribution in [1.29, 1.82) is 0 Å². The second-order valence-corrected chi connectivity index (χ2v) is 14.7. The lowest BCUT2D eigenvalue weighted by atomic mass is 9.88. The monoisotopic (exact) mass is 412 g/mol. The van der Waals surface area contributed by atoms with E-state index in [-0.39, 0.29) is 18.3 Å². The molecule has 0 aliphatic carbocycles. The number of nitrogens with two attached hydrogens (primary N) is 1. The van der Waals surface area contributed by atoms with E-state index in [0.717, 1.165) is 12.0 Å². The third-order valence-corrected chi connectivity index (χ3v) is 12.7.